The predicted octanol–water partition coefficient (Wildman–Crippen LogP) is 3.21. The van der Waals surface area contributed by atoms with Gasteiger partial charge in [-0.3, -0.25) is 0 Å². The van der Waals surface area contributed by atoms with Gasteiger partial charge in [0.05, 0.1) is 11.4 Å². The third-order valence-electron chi connectivity index (χ3n) is 4.46. The fraction of sp³-hybridized carbons (Fsp3) is 0.100. The Balaban J connectivity index is 1.95. The van der Waals surface area contributed by atoms with E-state index < -0.39 is 11.4 Å². The first-order valence-corrected chi connectivity index (χ1v) is 7.85. The van der Waals surface area contributed by atoms with Crippen molar-refractivity contribution in [3.63, 3.8) is 0 Å². The van der Waals surface area contributed by atoms with Gasteiger partial charge < -0.3 is 20.8 Å². The molecular weight excluding hydrogens is 301 g/mol. The monoisotopic (exact) mass is 319 g/mol. The second kappa shape index (κ2) is 5.37. The number of nitrogens with one attached hydrogen (secondary N) is 2. The third-order valence-corrected chi connectivity index (χ3v) is 4.46. The maximum atomic E-state index is 11.5. The summed E-state index contributed by atoms with van der Waals surface area (Å²) in [5.41, 5.74) is -0.876. The van der Waals surface area contributed by atoms with Crippen LogP contribution in [0.25, 0.3) is 0 Å². The second-order valence-corrected chi connectivity index (χ2v) is 5.95. The van der Waals surface area contributed by atoms with Gasteiger partial charge in [0.25, 0.3) is 0 Å². The van der Waals surface area contributed by atoms with Crippen LogP contribution in [0.5, 0.6) is 0 Å². The minimum absolute atomic E-state index is 0.568. The van der Waals surface area contributed by atoms with Gasteiger partial charge in [-0.25, -0.2) is 0 Å². The van der Waals surface area contributed by atoms with Crippen molar-refractivity contribution in [3.8, 4) is 0 Å². The van der Waals surface area contributed by atoms with Crippen molar-refractivity contribution in [2.45, 2.75) is 11.4 Å². The molecule has 2 unspecified atom stereocenters. The molecule has 0 aliphatic carbocycles. The van der Waals surface area contributed by atoms with Crippen molar-refractivity contribution in [1.29, 1.82) is 0 Å². The van der Waals surface area contributed by atoms with E-state index in [2.05, 4.69) is 10.6 Å². The summed E-state index contributed by atoms with van der Waals surface area (Å²) in [7, 11) is 0. The van der Waals surface area contributed by atoms with Crippen LogP contribution in [0.15, 0.2) is 84.9 Å². The zero-order valence-corrected chi connectivity index (χ0v) is 13.0. The Morgan fingerprint density at radius 3 is 1.21 bits per heavy atom. The Morgan fingerprint density at radius 1 is 0.500 bits per heavy atom. The van der Waals surface area contributed by atoms with E-state index in [1.165, 1.54) is 0 Å². The Hall–Kier alpha value is -2.82. The zero-order valence-electron chi connectivity index (χ0n) is 13.0. The molecule has 4 nitrogen and oxygen atoms in total. The Bertz CT molecular complexity index is 781. The molecule has 0 saturated carbocycles. The van der Waals surface area contributed by atoms with E-state index >= 15 is 0 Å². The quantitative estimate of drug-likeness (QED) is 0.548. The molecule has 4 rings (SSSR count). The van der Waals surface area contributed by atoms with Gasteiger partial charge in [-0.2, -0.15) is 0 Å². The summed E-state index contributed by atoms with van der Waals surface area (Å²) >= 11 is 0. The largest absolute Gasteiger partial charge is 0.363 e. The lowest BCUT2D eigenvalue weighted by atomic mass is 9.99. The highest BCUT2D eigenvalue weighted by atomic mass is 16.5. The first-order chi connectivity index (χ1) is 11.6. The van der Waals surface area contributed by atoms with Crippen LogP contribution in [-0.2, 0) is 11.4 Å². The molecule has 3 aromatic carbocycles. The maximum Gasteiger partial charge on any atom is 0.215 e. The first-order valence-electron chi connectivity index (χ1n) is 7.85. The predicted molar refractivity (Wildman–Crippen MR) is 94.4 cm³/mol. The van der Waals surface area contributed by atoms with Crippen molar-refractivity contribution in [2.24, 2.45) is 0 Å². The fourth-order valence-electron chi connectivity index (χ4n) is 3.19. The molecule has 2 atom stereocenters. The molecule has 0 spiro atoms. The van der Waals surface area contributed by atoms with Gasteiger partial charge in [0.1, 0.15) is 0 Å². The van der Waals surface area contributed by atoms with E-state index in [0.717, 1.165) is 11.4 Å². The lowest BCUT2D eigenvalue weighted by Gasteiger charge is -2.49. The van der Waals surface area contributed by atoms with Crippen molar-refractivity contribution in [2.75, 3.05) is 10.6 Å². The molecular formula is C20H18N2O2. The van der Waals surface area contributed by atoms with Crippen LogP contribution in [0.3, 0.4) is 0 Å². The number of hydrogen-bond donors (Lipinski definition) is 4. The van der Waals surface area contributed by atoms with E-state index in [9.17, 15) is 10.2 Å². The number of rotatable bonds is 2. The fourth-order valence-corrected chi connectivity index (χ4v) is 3.19. The molecule has 0 radical (unpaired) electrons. The summed E-state index contributed by atoms with van der Waals surface area (Å²) in [5.74, 6) is 0. The Labute approximate surface area is 140 Å². The number of aliphatic hydroxyl groups is 2. The van der Waals surface area contributed by atoms with Crippen LogP contribution >= 0.6 is 0 Å². The molecule has 3 aromatic rings. The standard InChI is InChI=1S/C20H18N2O2/c23-19(15-9-3-1-4-10-15)20(24,16-11-5-2-6-12-16)22-18-14-8-7-13-17(18)21-19/h1-14,21-24H/i19+1. The molecule has 4 N–H and O–H groups in total. The SMILES string of the molecule is OC1(c2ccccc2)Nc2ccccc2N[13C]1(O)c1ccccc1. The molecule has 1 aliphatic rings. The number of hydrogen-bond acceptors (Lipinski definition) is 4. The zero-order chi connectivity index (χ0) is 16.6. The second-order valence-electron chi connectivity index (χ2n) is 5.95. The summed E-state index contributed by atoms with van der Waals surface area (Å²) in [6.45, 7) is 0. The molecule has 0 amide bonds. The van der Waals surface area contributed by atoms with E-state index in [1.807, 2.05) is 60.7 Å². The topological polar surface area (TPSA) is 64.5 Å². The number of anilines is 2. The van der Waals surface area contributed by atoms with Crippen molar-refractivity contribution in [1.82, 2.24) is 0 Å². The van der Waals surface area contributed by atoms with Crippen molar-refractivity contribution < 1.29 is 10.2 Å². The van der Waals surface area contributed by atoms with Crippen LogP contribution in [0, 0.1) is 0 Å². The van der Waals surface area contributed by atoms with E-state index in [1.54, 1.807) is 24.3 Å². The lowest BCUT2D eigenvalue weighted by Crippen LogP contribution is -2.61. The average molecular weight is 319 g/mol. The van der Waals surface area contributed by atoms with Crippen LogP contribution in [0.1, 0.15) is 11.1 Å². The Morgan fingerprint density at radius 2 is 0.833 bits per heavy atom. The summed E-state index contributed by atoms with van der Waals surface area (Å²) in [6.07, 6.45) is 0. The Kier molecular flexibility index (Phi) is 3.30. The van der Waals surface area contributed by atoms with Crippen LogP contribution in [-0.4, -0.2) is 10.2 Å². The average Bonchev–Trinajstić information content (AvgIpc) is 2.64. The van der Waals surface area contributed by atoms with E-state index in [4.69, 9.17) is 0 Å². The van der Waals surface area contributed by atoms with Crippen LogP contribution < -0.4 is 10.6 Å². The minimum Gasteiger partial charge on any atom is -0.363 e. The van der Waals surface area contributed by atoms with Gasteiger partial charge in [0.15, 0.2) is 0 Å². The number of para-hydroxylation sites is 2. The van der Waals surface area contributed by atoms with Crippen molar-refractivity contribution >= 4 is 11.4 Å². The smallest absolute Gasteiger partial charge is 0.215 e. The normalized spacial score (nSPS) is 25.2. The maximum absolute atomic E-state index is 11.5. The minimum atomic E-state index is -1.73. The third kappa shape index (κ3) is 2.08. The highest BCUT2D eigenvalue weighted by Crippen LogP contribution is 2.47. The van der Waals surface area contributed by atoms with E-state index in [0.29, 0.717) is 11.1 Å². The highest BCUT2D eigenvalue weighted by Gasteiger charge is 2.55. The number of fused-ring (bicyclic) bond motifs is 1. The van der Waals surface area contributed by atoms with Crippen LogP contribution in [0.4, 0.5) is 11.4 Å². The van der Waals surface area contributed by atoms with Gasteiger partial charge in [0, 0.05) is 11.1 Å². The van der Waals surface area contributed by atoms with Gasteiger partial charge in [0.2, 0.25) is 11.4 Å². The summed E-state index contributed by atoms with van der Waals surface area (Å²) < 4.78 is 0. The van der Waals surface area contributed by atoms with Gasteiger partial charge in [-0.15, -0.1) is 0 Å². The van der Waals surface area contributed by atoms with Crippen LogP contribution in [0.2, 0.25) is 0 Å². The molecule has 0 fully saturated rings. The highest BCUT2D eigenvalue weighted by molar-refractivity contribution is 5.74. The first kappa shape index (κ1) is 14.8. The molecule has 1 aliphatic heterocycles. The molecule has 120 valence electrons. The van der Waals surface area contributed by atoms with E-state index in [-0.39, 0.29) is 0 Å². The molecule has 4 heteroatoms. The summed E-state index contributed by atoms with van der Waals surface area (Å²) in [5, 5.41) is 29.3. The molecule has 0 aromatic heterocycles. The van der Waals surface area contributed by atoms with Crippen molar-refractivity contribution in [3.05, 3.63) is 96.1 Å². The lowest BCUT2D eigenvalue weighted by molar-refractivity contribution is -0.132. The van der Waals surface area contributed by atoms with Gasteiger partial charge in [-0.05, 0) is 12.1 Å². The summed E-state index contributed by atoms with van der Waals surface area (Å²) in [6, 6.07) is 25.7. The molecule has 0 bridgehead atoms. The molecule has 1 heterocycles. The molecule has 24 heavy (non-hydrogen) atoms. The number of benzene rings is 3. The van der Waals surface area contributed by atoms with Gasteiger partial charge in [-0.1, -0.05) is 72.8 Å². The van der Waals surface area contributed by atoms with Gasteiger partial charge >= 0.3 is 0 Å². The molecule has 0 saturated heterocycles. The summed E-state index contributed by atoms with van der Waals surface area (Å²) in [4.78, 5) is 0.